The summed E-state index contributed by atoms with van der Waals surface area (Å²) < 4.78 is 47.2. The van der Waals surface area contributed by atoms with Crippen molar-refractivity contribution in [2.24, 2.45) is 0 Å². The maximum Gasteiger partial charge on any atom is 0.387 e. The molecule has 154 valence electrons. The highest BCUT2D eigenvalue weighted by molar-refractivity contribution is 5.97. The Morgan fingerprint density at radius 2 is 1.93 bits per heavy atom. The summed E-state index contributed by atoms with van der Waals surface area (Å²) in [5, 5.41) is 2.49. The zero-order valence-corrected chi connectivity index (χ0v) is 15.7. The number of ether oxygens (including phenoxy) is 2. The molecule has 2 rings (SSSR count). The molecule has 0 heterocycles. The first-order chi connectivity index (χ1) is 13.8. The molecule has 0 aliphatic heterocycles. The molecule has 0 spiro atoms. The predicted molar refractivity (Wildman–Crippen MR) is 101 cm³/mol. The fourth-order valence-corrected chi connectivity index (χ4v) is 2.34. The van der Waals surface area contributed by atoms with Crippen LogP contribution in [0.3, 0.4) is 0 Å². The Labute approximate surface area is 165 Å². The van der Waals surface area contributed by atoms with Crippen molar-refractivity contribution >= 4 is 23.6 Å². The SMILES string of the molecule is COc1cc(/C=C/C(=O)N(C)CC(=O)Nc2cccc(F)c2)ccc1OC(F)F. The van der Waals surface area contributed by atoms with Gasteiger partial charge in [0.25, 0.3) is 0 Å². The lowest BCUT2D eigenvalue weighted by atomic mass is 10.2. The Balaban J connectivity index is 1.96. The lowest BCUT2D eigenvalue weighted by Gasteiger charge is -2.15. The predicted octanol–water partition coefficient (Wildman–Crippen LogP) is 3.55. The Bertz CT molecular complexity index is 903. The van der Waals surface area contributed by atoms with Gasteiger partial charge in [-0.3, -0.25) is 9.59 Å². The van der Waals surface area contributed by atoms with Gasteiger partial charge in [0.05, 0.1) is 13.7 Å². The van der Waals surface area contributed by atoms with Gasteiger partial charge in [0, 0.05) is 18.8 Å². The first-order valence-corrected chi connectivity index (χ1v) is 8.40. The molecule has 0 fully saturated rings. The summed E-state index contributed by atoms with van der Waals surface area (Å²) in [6, 6.07) is 9.59. The summed E-state index contributed by atoms with van der Waals surface area (Å²) in [5.74, 6) is -1.49. The molecule has 0 saturated heterocycles. The summed E-state index contributed by atoms with van der Waals surface area (Å²) in [5.41, 5.74) is 0.791. The zero-order valence-electron chi connectivity index (χ0n) is 15.7. The van der Waals surface area contributed by atoms with E-state index in [1.54, 1.807) is 0 Å². The van der Waals surface area contributed by atoms with Crippen molar-refractivity contribution in [1.82, 2.24) is 4.90 Å². The number of methoxy groups -OCH3 is 1. The fraction of sp³-hybridized carbons (Fsp3) is 0.200. The molecule has 0 radical (unpaired) electrons. The molecule has 0 atom stereocenters. The van der Waals surface area contributed by atoms with E-state index in [-0.39, 0.29) is 23.7 Å². The lowest BCUT2D eigenvalue weighted by Crippen LogP contribution is -2.33. The third-order valence-electron chi connectivity index (χ3n) is 3.69. The van der Waals surface area contributed by atoms with Crippen LogP contribution in [-0.4, -0.2) is 44.0 Å². The van der Waals surface area contributed by atoms with Crippen molar-refractivity contribution in [3.05, 3.63) is 59.9 Å². The average molecular weight is 408 g/mol. The third-order valence-corrected chi connectivity index (χ3v) is 3.69. The maximum atomic E-state index is 13.1. The van der Waals surface area contributed by atoms with E-state index >= 15 is 0 Å². The van der Waals surface area contributed by atoms with Gasteiger partial charge in [0.15, 0.2) is 11.5 Å². The number of hydrogen-bond acceptors (Lipinski definition) is 4. The van der Waals surface area contributed by atoms with Crippen LogP contribution >= 0.6 is 0 Å². The van der Waals surface area contributed by atoms with E-state index in [9.17, 15) is 22.8 Å². The number of anilines is 1. The van der Waals surface area contributed by atoms with Crippen LogP contribution in [0.5, 0.6) is 11.5 Å². The van der Waals surface area contributed by atoms with E-state index in [0.717, 1.165) is 11.0 Å². The van der Waals surface area contributed by atoms with E-state index in [4.69, 9.17) is 4.74 Å². The summed E-state index contributed by atoms with van der Waals surface area (Å²) in [7, 11) is 2.73. The number of carbonyl (C=O) groups is 2. The molecule has 0 saturated carbocycles. The molecule has 0 aromatic heterocycles. The number of hydrogen-bond donors (Lipinski definition) is 1. The molecule has 2 aromatic rings. The minimum absolute atomic E-state index is 0.0859. The van der Waals surface area contributed by atoms with Crippen molar-refractivity contribution in [1.29, 1.82) is 0 Å². The molecule has 9 heteroatoms. The molecule has 0 aliphatic rings. The zero-order chi connectivity index (χ0) is 21.4. The Morgan fingerprint density at radius 1 is 1.17 bits per heavy atom. The van der Waals surface area contributed by atoms with Crippen molar-refractivity contribution < 1.29 is 32.2 Å². The summed E-state index contributed by atoms with van der Waals surface area (Å²) >= 11 is 0. The molecule has 0 bridgehead atoms. The number of likely N-dealkylation sites (N-methyl/N-ethyl adjacent to an activating group) is 1. The van der Waals surface area contributed by atoms with Gasteiger partial charge in [-0.05, 0) is 42.0 Å². The Morgan fingerprint density at radius 3 is 2.59 bits per heavy atom. The van der Waals surface area contributed by atoms with Crippen molar-refractivity contribution in [3.8, 4) is 11.5 Å². The monoisotopic (exact) mass is 408 g/mol. The number of carbonyl (C=O) groups excluding carboxylic acids is 2. The van der Waals surface area contributed by atoms with Gasteiger partial charge >= 0.3 is 6.61 Å². The number of amides is 2. The van der Waals surface area contributed by atoms with Crippen LogP contribution in [0.2, 0.25) is 0 Å². The number of halogens is 3. The van der Waals surface area contributed by atoms with Crippen LogP contribution in [0.25, 0.3) is 6.08 Å². The smallest absolute Gasteiger partial charge is 0.387 e. The van der Waals surface area contributed by atoms with Crippen molar-refractivity contribution in [2.75, 3.05) is 26.0 Å². The van der Waals surface area contributed by atoms with Crippen molar-refractivity contribution in [2.45, 2.75) is 6.61 Å². The van der Waals surface area contributed by atoms with Crippen LogP contribution < -0.4 is 14.8 Å². The van der Waals surface area contributed by atoms with Crippen LogP contribution in [0.15, 0.2) is 48.5 Å². The summed E-state index contributed by atoms with van der Waals surface area (Å²) in [6.07, 6.45) is 2.66. The van der Waals surface area contributed by atoms with Crippen LogP contribution in [0, 0.1) is 5.82 Å². The highest BCUT2D eigenvalue weighted by Gasteiger charge is 2.12. The quantitative estimate of drug-likeness (QED) is 0.679. The Hall–Kier alpha value is -3.49. The minimum Gasteiger partial charge on any atom is -0.493 e. The molecule has 6 nitrogen and oxygen atoms in total. The van der Waals surface area contributed by atoms with Crippen LogP contribution in [0.4, 0.5) is 18.9 Å². The maximum absolute atomic E-state index is 13.1. The number of nitrogens with one attached hydrogen (secondary N) is 1. The third kappa shape index (κ3) is 6.87. The first-order valence-electron chi connectivity index (χ1n) is 8.40. The Kier molecular flexibility index (Phi) is 7.64. The number of rotatable bonds is 8. The average Bonchev–Trinajstić information content (AvgIpc) is 2.66. The van der Waals surface area contributed by atoms with Gasteiger partial charge in [0.2, 0.25) is 11.8 Å². The topological polar surface area (TPSA) is 67.9 Å². The standard InChI is InChI=1S/C20H19F3N2O4/c1-25(12-18(26)24-15-5-3-4-14(21)11-15)19(27)9-7-13-6-8-16(29-20(22)23)17(10-13)28-2/h3-11,20H,12H2,1-2H3,(H,24,26)/b9-7+. The molecule has 0 unspecified atom stereocenters. The lowest BCUT2D eigenvalue weighted by molar-refractivity contribution is -0.129. The molecule has 29 heavy (non-hydrogen) atoms. The molecule has 2 aromatic carbocycles. The first kappa shape index (κ1) is 21.8. The van der Waals surface area contributed by atoms with Gasteiger partial charge in [-0.15, -0.1) is 0 Å². The highest BCUT2D eigenvalue weighted by Crippen LogP contribution is 2.29. The van der Waals surface area contributed by atoms with E-state index in [1.807, 2.05) is 0 Å². The van der Waals surface area contributed by atoms with Crippen LogP contribution in [-0.2, 0) is 9.59 Å². The highest BCUT2D eigenvalue weighted by atomic mass is 19.3. The normalized spacial score (nSPS) is 10.8. The minimum atomic E-state index is -2.99. The summed E-state index contributed by atoms with van der Waals surface area (Å²) in [6.45, 7) is -3.23. The van der Waals surface area contributed by atoms with E-state index in [1.165, 1.54) is 62.7 Å². The number of alkyl halides is 2. The van der Waals surface area contributed by atoms with Gasteiger partial charge < -0.3 is 19.7 Å². The second-order valence-electron chi connectivity index (χ2n) is 5.87. The fourth-order valence-electron chi connectivity index (χ4n) is 2.34. The largest absolute Gasteiger partial charge is 0.493 e. The van der Waals surface area contributed by atoms with E-state index < -0.39 is 24.2 Å². The van der Waals surface area contributed by atoms with Gasteiger partial charge in [-0.25, -0.2) is 4.39 Å². The van der Waals surface area contributed by atoms with Gasteiger partial charge in [-0.2, -0.15) is 8.78 Å². The van der Waals surface area contributed by atoms with Crippen molar-refractivity contribution in [3.63, 3.8) is 0 Å². The molecular weight excluding hydrogens is 389 g/mol. The summed E-state index contributed by atoms with van der Waals surface area (Å²) in [4.78, 5) is 25.3. The van der Waals surface area contributed by atoms with Gasteiger partial charge in [-0.1, -0.05) is 12.1 Å². The molecule has 0 aliphatic carbocycles. The molecule has 1 N–H and O–H groups in total. The molecule has 2 amide bonds. The number of nitrogens with zero attached hydrogens (tertiary/aromatic N) is 1. The number of benzene rings is 2. The van der Waals surface area contributed by atoms with E-state index in [2.05, 4.69) is 10.1 Å². The second-order valence-corrected chi connectivity index (χ2v) is 5.87. The van der Waals surface area contributed by atoms with E-state index in [0.29, 0.717) is 5.56 Å². The second kappa shape index (κ2) is 10.2. The van der Waals surface area contributed by atoms with Gasteiger partial charge in [0.1, 0.15) is 5.82 Å². The van der Waals surface area contributed by atoms with Crippen LogP contribution in [0.1, 0.15) is 5.56 Å². The molecular formula is C20H19F3N2O4.